The molecule has 0 N–H and O–H groups in total. The summed E-state index contributed by atoms with van der Waals surface area (Å²) in [5.41, 5.74) is 3.63. The summed E-state index contributed by atoms with van der Waals surface area (Å²) < 4.78 is 5.30. The summed E-state index contributed by atoms with van der Waals surface area (Å²) in [6.07, 6.45) is 9.66. The molecule has 0 aliphatic heterocycles. The van der Waals surface area contributed by atoms with Gasteiger partial charge < -0.3 is 4.74 Å². The topological polar surface area (TPSA) is 9.23 Å². The molecule has 1 aliphatic rings. The van der Waals surface area contributed by atoms with E-state index in [0.29, 0.717) is 0 Å². The van der Waals surface area contributed by atoms with Crippen LogP contribution in [0.2, 0.25) is 0 Å². The van der Waals surface area contributed by atoms with Gasteiger partial charge in [-0.25, -0.2) is 0 Å². The Morgan fingerprint density at radius 2 is 1.47 bits per heavy atom. The number of benzene rings is 3. The normalized spacial score (nSPS) is 18.6. The van der Waals surface area contributed by atoms with Crippen molar-refractivity contribution in [2.24, 2.45) is 5.92 Å². The second-order valence-corrected chi connectivity index (χ2v) is 8.66. The minimum absolute atomic E-state index is 0.738. The van der Waals surface area contributed by atoms with Crippen molar-refractivity contribution < 1.29 is 4.74 Å². The van der Waals surface area contributed by atoms with Crippen molar-refractivity contribution in [3.05, 3.63) is 77.4 Å². The van der Waals surface area contributed by atoms with Crippen LogP contribution in [0.25, 0.3) is 10.8 Å². The maximum Gasteiger partial charge on any atom is 0.119 e. The highest BCUT2D eigenvalue weighted by atomic mass is 16.5. The molecule has 0 saturated heterocycles. The standard InChI is InChI=1S/C29H32O/c1-3-4-5-22-8-13-25(14-9-22)26-15-10-23(11-16-26)6-7-24-12-17-28-21-29(30-2)19-18-27(28)20-24/h10-12,15-22,25H,3-5,8-9,13-14H2,1-2H3/t22-,25-. The Labute approximate surface area is 181 Å². The van der Waals surface area contributed by atoms with Gasteiger partial charge >= 0.3 is 0 Å². The molecule has 0 unspecified atom stereocenters. The highest BCUT2D eigenvalue weighted by Gasteiger charge is 2.21. The Kier molecular flexibility index (Phi) is 6.75. The van der Waals surface area contributed by atoms with Gasteiger partial charge in [0.1, 0.15) is 5.75 Å². The molecular weight excluding hydrogens is 364 g/mol. The molecule has 1 aliphatic carbocycles. The fourth-order valence-electron chi connectivity index (χ4n) is 4.69. The van der Waals surface area contributed by atoms with Crippen LogP contribution >= 0.6 is 0 Å². The van der Waals surface area contributed by atoms with Gasteiger partial charge in [-0.05, 0) is 90.3 Å². The molecule has 4 rings (SSSR count). The SMILES string of the molecule is CCCC[C@H]1CC[C@H](c2ccc(C#Cc3ccc4cc(OC)ccc4c3)cc2)CC1. The van der Waals surface area contributed by atoms with E-state index < -0.39 is 0 Å². The molecule has 0 amide bonds. The summed E-state index contributed by atoms with van der Waals surface area (Å²) in [5, 5.41) is 2.36. The zero-order valence-corrected chi connectivity index (χ0v) is 18.3. The lowest BCUT2D eigenvalue weighted by Crippen LogP contribution is -2.13. The van der Waals surface area contributed by atoms with Gasteiger partial charge in [0.25, 0.3) is 0 Å². The number of fused-ring (bicyclic) bond motifs is 1. The van der Waals surface area contributed by atoms with Crippen molar-refractivity contribution in [1.29, 1.82) is 0 Å². The number of hydrogen-bond donors (Lipinski definition) is 0. The van der Waals surface area contributed by atoms with Gasteiger partial charge in [0, 0.05) is 11.1 Å². The van der Waals surface area contributed by atoms with Crippen molar-refractivity contribution in [2.75, 3.05) is 7.11 Å². The molecule has 1 heteroatoms. The third kappa shape index (κ3) is 5.06. The Balaban J connectivity index is 1.40. The second kappa shape index (κ2) is 9.86. The Morgan fingerprint density at radius 3 is 2.20 bits per heavy atom. The van der Waals surface area contributed by atoms with Crippen LogP contribution in [0.1, 0.15) is 74.5 Å². The maximum absolute atomic E-state index is 5.30. The number of methoxy groups -OCH3 is 1. The zero-order chi connectivity index (χ0) is 20.8. The molecule has 30 heavy (non-hydrogen) atoms. The first-order valence-corrected chi connectivity index (χ1v) is 11.4. The molecule has 1 saturated carbocycles. The fraction of sp³-hybridized carbons (Fsp3) is 0.379. The van der Waals surface area contributed by atoms with Crippen LogP contribution in [0.3, 0.4) is 0 Å². The van der Waals surface area contributed by atoms with Crippen molar-refractivity contribution in [3.63, 3.8) is 0 Å². The highest BCUT2D eigenvalue weighted by molar-refractivity contribution is 5.85. The lowest BCUT2D eigenvalue weighted by Gasteiger charge is -2.28. The van der Waals surface area contributed by atoms with E-state index in [1.54, 1.807) is 7.11 Å². The first-order chi connectivity index (χ1) is 14.7. The van der Waals surface area contributed by atoms with Gasteiger partial charge in [0.05, 0.1) is 7.11 Å². The lowest BCUT2D eigenvalue weighted by molar-refractivity contribution is 0.304. The van der Waals surface area contributed by atoms with E-state index in [0.717, 1.165) is 28.7 Å². The Morgan fingerprint density at radius 1 is 0.800 bits per heavy atom. The summed E-state index contributed by atoms with van der Waals surface area (Å²) >= 11 is 0. The van der Waals surface area contributed by atoms with Crippen LogP contribution < -0.4 is 4.74 Å². The number of hydrogen-bond acceptors (Lipinski definition) is 1. The molecule has 1 nitrogen and oxygen atoms in total. The van der Waals surface area contributed by atoms with E-state index in [4.69, 9.17) is 4.74 Å². The molecule has 0 atom stereocenters. The first-order valence-electron chi connectivity index (χ1n) is 11.4. The lowest BCUT2D eigenvalue weighted by atomic mass is 9.77. The Hall–Kier alpha value is -2.72. The third-order valence-electron chi connectivity index (χ3n) is 6.59. The van der Waals surface area contributed by atoms with Crippen LogP contribution in [-0.4, -0.2) is 7.11 Å². The van der Waals surface area contributed by atoms with E-state index in [9.17, 15) is 0 Å². The molecule has 0 heterocycles. The zero-order valence-electron chi connectivity index (χ0n) is 18.3. The van der Waals surface area contributed by atoms with Crippen LogP contribution in [-0.2, 0) is 0 Å². The summed E-state index contributed by atoms with van der Waals surface area (Å²) in [5.74, 6) is 9.25. The quantitative estimate of drug-likeness (QED) is 0.401. The minimum Gasteiger partial charge on any atom is -0.497 e. The average Bonchev–Trinajstić information content (AvgIpc) is 2.81. The molecule has 0 radical (unpaired) electrons. The minimum atomic E-state index is 0.738. The molecular formula is C29H32O. The number of rotatable bonds is 5. The van der Waals surface area contributed by atoms with Gasteiger partial charge in [0.2, 0.25) is 0 Å². The average molecular weight is 397 g/mol. The van der Waals surface area contributed by atoms with Crippen LogP contribution in [0.4, 0.5) is 0 Å². The predicted molar refractivity (Wildman–Crippen MR) is 127 cm³/mol. The molecule has 0 bridgehead atoms. The van der Waals surface area contributed by atoms with Crippen molar-refractivity contribution >= 4 is 10.8 Å². The maximum atomic E-state index is 5.30. The first kappa shape index (κ1) is 20.5. The van der Waals surface area contributed by atoms with Crippen molar-refractivity contribution in [1.82, 2.24) is 0 Å². The van der Waals surface area contributed by atoms with Gasteiger partial charge in [-0.3, -0.25) is 0 Å². The summed E-state index contributed by atoms with van der Waals surface area (Å²) in [6, 6.07) is 21.5. The third-order valence-corrected chi connectivity index (χ3v) is 6.59. The molecule has 3 aromatic rings. The van der Waals surface area contributed by atoms with E-state index >= 15 is 0 Å². The van der Waals surface area contributed by atoms with Crippen molar-refractivity contribution in [3.8, 4) is 17.6 Å². The fourth-order valence-corrected chi connectivity index (χ4v) is 4.69. The monoisotopic (exact) mass is 396 g/mol. The second-order valence-electron chi connectivity index (χ2n) is 8.66. The van der Waals surface area contributed by atoms with Crippen LogP contribution in [0.15, 0.2) is 60.7 Å². The van der Waals surface area contributed by atoms with Gasteiger partial charge in [-0.2, -0.15) is 0 Å². The molecule has 0 aromatic heterocycles. The number of unbranched alkanes of at least 4 members (excludes halogenated alkanes) is 1. The van der Waals surface area contributed by atoms with E-state index in [1.165, 1.54) is 61.3 Å². The molecule has 0 spiro atoms. The highest BCUT2D eigenvalue weighted by Crippen LogP contribution is 2.37. The van der Waals surface area contributed by atoms with E-state index in [2.05, 4.69) is 73.4 Å². The largest absolute Gasteiger partial charge is 0.497 e. The molecule has 1 fully saturated rings. The molecule has 154 valence electrons. The van der Waals surface area contributed by atoms with Crippen LogP contribution in [0.5, 0.6) is 5.75 Å². The van der Waals surface area contributed by atoms with Gasteiger partial charge in [0.15, 0.2) is 0 Å². The van der Waals surface area contributed by atoms with Gasteiger partial charge in [-0.15, -0.1) is 0 Å². The smallest absolute Gasteiger partial charge is 0.119 e. The van der Waals surface area contributed by atoms with Crippen LogP contribution in [0, 0.1) is 17.8 Å². The number of ether oxygens (including phenoxy) is 1. The summed E-state index contributed by atoms with van der Waals surface area (Å²) in [7, 11) is 1.70. The van der Waals surface area contributed by atoms with E-state index in [1.807, 2.05) is 6.07 Å². The summed E-state index contributed by atoms with van der Waals surface area (Å²) in [4.78, 5) is 0. The molecule has 3 aromatic carbocycles. The predicted octanol–water partition coefficient (Wildman–Crippen LogP) is 7.71. The summed E-state index contributed by atoms with van der Waals surface area (Å²) in [6.45, 7) is 2.30. The van der Waals surface area contributed by atoms with E-state index in [-0.39, 0.29) is 0 Å². The van der Waals surface area contributed by atoms with Crippen molar-refractivity contribution in [2.45, 2.75) is 57.8 Å². The Bertz CT molecular complexity index is 1030. The van der Waals surface area contributed by atoms with Gasteiger partial charge in [-0.1, -0.05) is 62.3 Å².